The number of ether oxygens (including phenoxy) is 2. The molecule has 0 spiro atoms. The fraction of sp³-hybridized carbons (Fsp3) is 0.167. The van der Waals surface area contributed by atoms with E-state index in [1.807, 2.05) is 91.0 Å². The number of carbonyl (C=O) groups is 1. The first-order valence-corrected chi connectivity index (χ1v) is 11.2. The van der Waals surface area contributed by atoms with Gasteiger partial charge in [0.2, 0.25) is 0 Å². The minimum atomic E-state index is -2.09. The molecule has 4 nitrogen and oxygen atoms in total. The maximum Gasteiger partial charge on any atom is 0.304 e. The molecular formula is C30H28O4. The highest BCUT2D eigenvalue weighted by atomic mass is 16.5. The van der Waals surface area contributed by atoms with Gasteiger partial charge in [-0.1, -0.05) is 97.1 Å². The van der Waals surface area contributed by atoms with E-state index in [1.54, 1.807) is 18.2 Å². The quantitative estimate of drug-likeness (QED) is 0.278. The topological polar surface area (TPSA) is 55.8 Å². The molecule has 1 N–H and O–H groups in total. The van der Waals surface area contributed by atoms with Crippen LogP contribution in [0, 0.1) is 0 Å². The Labute approximate surface area is 203 Å². The first kappa shape index (κ1) is 20.7. The lowest BCUT2D eigenvalue weighted by atomic mass is 9.87. The fourth-order valence-corrected chi connectivity index (χ4v) is 3.80. The largest absolute Gasteiger partial charge is 0.489 e. The zero-order valence-corrected chi connectivity index (χ0v) is 18.8. The van der Waals surface area contributed by atoms with Crippen molar-refractivity contribution in [2.24, 2.45) is 0 Å². The van der Waals surface area contributed by atoms with E-state index in [9.17, 15) is 9.90 Å². The van der Waals surface area contributed by atoms with Gasteiger partial charge in [0.25, 0.3) is 0 Å². The van der Waals surface area contributed by atoms with Crippen molar-refractivity contribution < 1.29 is 22.1 Å². The summed E-state index contributed by atoms with van der Waals surface area (Å²) in [6, 6.07) is 33.5. The average Bonchev–Trinajstić information content (AvgIpc) is 2.91. The van der Waals surface area contributed by atoms with Crippen molar-refractivity contribution in [2.75, 3.05) is 0 Å². The molecule has 0 aliphatic carbocycles. The Kier molecular flexibility index (Phi) is 7.20. The molecule has 0 bridgehead atoms. The third-order valence-corrected chi connectivity index (χ3v) is 5.47. The zero-order chi connectivity index (χ0) is 25.4. The molecule has 0 radical (unpaired) electrons. The minimum absolute atomic E-state index is 0.104. The van der Waals surface area contributed by atoms with E-state index in [4.69, 9.17) is 12.2 Å². The van der Waals surface area contributed by atoms with E-state index >= 15 is 0 Å². The Morgan fingerprint density at radius 3 is 1.97 bits per heavy atom. The Morgan fingerprint density at radius 2 is 1.35 bits per heavy atom. The summed E-state index contributed by atoms with van der Waals surface area (Å²) in [6.07, 6.45) is -0.164. The van der Waals surface area contributed by atoms with Crippen molar-refractivity contribution in [1.29, 1.82) is 0 Å². The lowest BCUT2D eigenvalue weighted by molar-refractivity contribution is -0.137. The molecule has 0 aromatic heterocycles. The lowest BCUT2D eigenvalue weighted by Gasteiger charge is -2.21. The van der Waals surface area contributed by atoms with Crippen LogP contribution in [-0.2, 0) is 29.3 Å². The van der Waals surface area contributed by atoms with E-state index < -0.39 is 18.4 Å². The SMILES string of the molecule is [2H]C([2H])(OCc1ccccc1)c1ccc(OCc2ccccc2)c([C@H](CC(=O)O)c2ccccc2)c1. The predicted octanol–water partition coefficient (Wildman–Crippen LogP) is 6.59. The van der Waals surface area contributed by atoms with Crippen molar-refractivity contribution in [3.05, 3.63) is 137 Å². The van der Waals surface area contributed by atoms with Crippen LogP contribution in [0.3, 0.4) is 0 Å². The van der Waals surface area contributed by atoms with Crippen molar-refractivity contribution in [2.45, 2.75) is 32.1 Å². The van der Waals surface area contributed by atoms with Gasteiger partial charge in [0, 0.05) is 11.5 Å². The first-order chi connectivity index (χ1) is 17.4. The van der Waals surface area contributed by atoms with Crippen LogP contribution in [0.2, 0.25) is 0 Å². The van der Waals surface area contributed by atoms with E-state index in [-0.39, 0.29) is 13.0 Å². The average molecular weight is 455 g/mol. The van der Waals surface area contributed by atoms with Crippen molar-refractivity contribution in [3.8, 4) is 5.75 Å². The summed E-state index contributed by atoms with van der Waals surface area (Å²) in [4.78, 5) is 11.8. The summed E-state index contributed by atoms with van der Waals surface area (Å²) in [7, 11) is 0. The molecule has 1 atom stereocenters. The molecule has 172 valence electrons. The smallest absolute Gasteiger partial charge is 0.304 e. The predicted molar refractivity (Wildman–Crippen MR) is 133 cm³/mol. The molecule has 4 aromatic carbocycles. The Balaban J connectivity index is 1.69. The maximum absolute atomic E-state index is 11.8. The number of carboxylic acids is 1. The molecule has 0 unspecified atom stereocenters. The number of hydrogen-bond donors (Lipinski definition) is 1. The molecule has 34 heavy (non-hydrogen) atoms. The molecule has 0 aliphatic rings. The Bertz CT molecular complexity index is 1260. The van der Waals surface area contributed by atoms with Gasteiger partial charge in [0.15, 0.2) is 0 Å². The molecule has 0 heterocycles. The first-order valence-electron chi connectivity index (χ1n) is 12.2. The molecule has 0 aliphatic heterocycles. The van der Waals surface area contributed by atoms with Gasteiger partial charge in [-0.25, -0.2) is 0 Å². The Hall–Kier alpha value is -3.89. The molecule has 0 saturated heterocycles. The molecule has 4 aromatic rings. The number of rotatable bonds is 11. The normalized spacial score (nSPS) is 12.9. The highest BCUT2D eigenvalue weighted by molar-refractivity contribution is 5.69. The number of benzene rings is 4. The highest BCUT2D eigenvalue weighted by Gasteiger charge is 2.22. The van der Waals surface area contributed by atoms with E-state index in [0.717, 1.165) is 16.7 Å². The van der Waals surface area contributed by atoms with Gasteiger partial charge in [0.1, 0.15) is 12.4 Å². The van der Waals surface area contributed by atoms with E-state index in [2.05, 4.69) is 0 Å². The van der Waals surface area contributed by atoms with Crippen LogP contribution in [-0.4, -0.2) is 11.1 Å². The number of aliphatic carboxylic acids is 1. The van der Waals surface area contributed by atoms with Gasteiger partial charge in [-0.3, -0.25) is 4.79 Å². The van der Waals surface area contributed by atoms with E-state index in [0.29, 0.717) is 23.5 Å². The summed E-state index contributed by atoms with van der Waals surface area (Å²) >= 11 is 0. The van der Waals surface area contributed by atoms with Crippen LogP contribution in [0.25, 0.3) is 0 Å². The third-order valence-electron chi connectivity index (χ3n) is 5.47. The van der Waals surface area contributed by atoms with E-state index in [1.165, 1.54) is 0 Å². The van der Waals surface area contributed by atoms with Gasteiger partial charge in [-0.2, -0.15) is 0 Å². The Morgan fingerprint density at radius 1 is 0.765 bits per heavy atom. The van der Waals surface area contributed by atoms with Crippen LogP contribution in [0.4, 0.5) is 0 Å². The van der Waals surface area contributed by atoms with Gasteiger partial charge >= 0.3 is 5.97 Å². The van der Waals surface area contributed by atoms with Gasteiger partial charge in [-0.15, -0.1) is 0 Å². The third kappa shape index (κ3) is 6.56. The van der Waals surface area contributed by atoms with Gasteiger partial charge in [0.05, 0.1) is 22.3 Å². The molecule has 4 rings (SSSR count). The molecule has 0 saturated carbocycles. The summed E-state index contributed by atoms with van der Waals surface area (Å²) in [5.41, 5.74) is 3.55. The minimum Gasteiger partial charge on any atom is -0.489 e. The van der Waals surface area contributed by atoms with Crippen LogP contribution < -0.4 is 4.74 Å². The molecule has 0 amide bonds. The van der Waals surface area contributed by atoms with Crippen molar-refractivity contribution in [3.63, 3.8) is 0 Å². The standard InChI is InChI=1S/C30H28O4/c31-30(32)19-27(26-14-8-3-9-15-26)28-18-25(21-33-20-23-10-4-1-5-11-23)16-17-29(28)34-22-24-12-6-2-7-13-24/h1-18,27H,19-22H2,(H,31,32)/t27-/m1/s1/i21D2. The molecular weight excluding hydrogens is 424 g/mol. The van der Waals surface area contributed by atoms with Gasteiger partial charge in [-0.05, 0) is 34.4 Å². The second-order valence-corrected chi connectivity index (χ2v) is 7.96. The molecule has 4 heteroatoms. The summed E-state index contributed by atoms with van der Waals surface area (Å²) in [5, 5.41) is 9.71. The summed E-state index contributed by atoms with van der Waals surface area (Å²) in [5.74, 6) is -0.970. The second kappa shape index (κ2) is 11.8. The van der Waals surface area contributed by atoms with Crippen LogP contribution >= 0.6 is 0 Å². The molecule has 0 fully saturated rings. The number of hydrogen-bond acceptors (Lipinski definition) is 3. The van der Waals surface area contributed by atoms with Crippen LogP contribution in [0.5, 0.6) is 5.75 Å². The van der Waals surface area contributed by atoms with Crippen molar-refractivity contribution in [1.82, 2.24) is 0 Å². The van der Waals surface area contributed by atoms with Gasteiger partial charge < -0.3 is 14.6 Å². The van der Waals surface area contributed by atoms with Crippen LogP contribution in [0.1, 0.15) is 42.9 Å². The zero-order valence-electron chi connectivity index (χ0n) is 20.8. The lowest BCUT2D eigenvalue weighted by Crippen LogP contribution is -2.11. The second-order valence-electron chi connectivity index (χ2n) is 7.96. The summed E-state index contributed by atoms with van der Waals surface area (Å²) < 4.78 is 29.0. The van der Waals surface area contributed by atoms with Crippen molar-refractivity contribution >= 4 is 5.97 Å². The maximum atomic E-state index is 11.8. The fourth-order valence-electron chi connectivity index (χ4n) is 3.80. The monoisotopic (exact) mass is 454 g/mol. The number of carboxylic acid groups (broad SMARTS) is 1. The summed E-state index contributed by atoms with van der Waals surface area (Å²) in [6.45, 7) is -1.68. The van der Waals surface area contributed by atoms with Crippen LogP contribution in [0.15, 0.2) is 109 Å². The highest BCUT2D eigenvalue weighted by Crippen LogP contribution is 2.36.